The summed E-state index contributed by atoms with van der Waals surface area (Å²) in [5.41, 5.74) is 0.687. The summed E-state index contributed by atoms with van der Waals surface area (Å²) in [4.78, 5) is 16.1. The molecule has 0 spiro atoms. The second kappa shape index (κ2) is 4.95. The van der Waals surface area contributed by atoms with Gasteiger partial charge in [0.25, 0.3) is 0 Å². The molecule has 1 fully saturated rings. The highest BCUT2D eigenvalue weighted by Gasteiger charge is 2.25. The molecule has 0 saturated heterocycles. The maximum Gasteiger partial charge on any atom is 0.227 e. The molecule has 19 heavy (non-hydrogen) atoms. The van der Waals surface area contributed by atoms with Crippen molar-refractivity contribution in [3.05, 3.63) is 18.2 Å². The van der Waals surface area contributed by atoms with Gasteiger partial charge in [-0.2, -0.15) is 10.1 Å². The van der Waals surface area contributed by atoms with Gasteiger partial charge < -0.3 is 4.52 Å². The molecule has 0 aliphatic heterocycles. The molecular formula is C13H16N4O2. The number of rotatable bonds is 3. The number of hydrogen-bond donors (Lipinski definition) is 0. The maximum atomic E-state index is 11.8. The third-order valence-electron chi connectivity index (χ3n) is 3.51. The summed E-state index contributed by atoms with van der Waals surface area (Å²) in [6.45, 7) is 0. The van der Waals surface area contributed by atoms with E-state index in [1.54, 1.807) is 4.68 Å². The van der Waals surface area contributed by atoms with Crippen molar-refractivity contribution in [2.75, 3.05) is 0 Å². The van der Waals surface area contributed by atoms with E-state index in [1.807, 2.05) is 19.3 Å². The van der Waals surface area contributed by atoms with E-state index in [0.29, 0.717) is 36.0 Å². The number of carbonyl (C=O) groups is 1. The Labute approximate surface area is 110 Å². The molecule has 3 rings (SSSR count). The van der Waals surface area contributed by atoms with Crippen LogP contribution in [0.5, 0.6) is 0 Å². The molecule has 0 radical (unpaired) electrons. The van der Waals surface area contributed by atoms with Crippen LogP contribution in [0.2, 0.25) is 0 Å². The van der Waals surface area contributed by atoms with Crippen LogP contribution >= 0.6 is 0 Å². The van der Waals surface area contributed by atoms with Crippen molar-refractivity contribution in [2.45, 2.75) is 32.1 Å². The Morgan fingerprint density at radius 3 is 3.11 bits per heavy atom. The second-order valence-corrected chi connectivity index (χ2v) is 5.00. The Bertz CT molecular complexity index is 587. The summed E-state index contributed by atoms with van der Waals surface area (Å²) in [5, 5.41) is 8.14. The summed E-state index contributed by atoms with van der Waals surface area (Å²) in [5.74, 6) is 1.38. The maximum absolute atomic E-state index is 11.8. The molecule has 1 aliphatic carbocycles. The van der Waals surface area contributed by atoms with Gasteiger partial charge in [0.15, 0.2) is 0 Å². The summed E-state index contributed by atoms with van der Waals surface area (Å²) in [6, 6.07) is 1.83. The lowest BCUT2D eigenvalue weighted by atomic mass is 9.86. The van der Waals surface area contributed by atoms with Gasteiger partial charge in [-0.3, -0.25) is 9.48 Å². The van der Waals surface area contributed by atoms with E-state index in [0.717, 1.165) is 19.3 Å². The SMILES string of the molecule is Cn1ccc(-c2noc(CC3CCCCC3=O)n2)n1. The number of nitrogens with zero attached hydrogens (tertiary/aromatic N) is 4. The van der Waals surface area contributed by atoms with Crippen LogP contribution in [-0.4, -0.2) is 25.7 Å². The van der Waals surface area contributed by atoms with Crippen LogP contribution in [0.15, 0.2) is 16.8 Å². The van der Waals surface area contributed by atoms with Crippen LogP contribution in [0.4, 0.5) is 0 Å². The smallest absolute Gasteiger partial charge is 0.227 e. The van der Waals surface area contributed by atoms with Gasteiger partial charge in [-0.1, -0.05) is 11.6 Å². The zero-order valence-electron chi connectivity index (χ0n) is 10.9. The highest BCUT2D eigenvalue weighted by Crippen LogP contribution is 2.24. The zero-order valence-corrected chi connectivity index (χ0v) is 10.9. The average Bonchev–Trinajstić information content (AvgIpc) is 3.01. The number of Topliss-reactive ketones (excluding diaryl/α,β-unsaturated/α-hetero) is 1. The Kier molecular flexibility index (Phi) is 3.15. The molecule has 6 heteroatoms. The van der Waals surface area contributed by atoms with Crippen molar-refractivity contribution >= 4 is 5.78 Å². The number of aromatic nitrogens is 4. The van der Waals surface area contributed by atoms with Crippen molar-refractivity contribution < 1.29 is 9.32 Å². The van der Waals surface area contributed by atoms with Crippen molar-refractivity contribution in [3.63, 3.8) is 0 Å². The fraction of sp³-hybridized carbons (Fsp3) is 0.538. The molecule has 0 aromatic carbocycles. The van der Waals surface area contributed by atoms with E-state index in [9.17, 15) is 4.79 Å². The largest absolute Gasteiger partial charge is 0.339 e. The minimum atomic E-state index is 0.0470. The zero-order chi connectivity index (χ0) is 13.2. The van der Waals surface area contributed by atoms with Crippen LogP contribution in [0.3, 0.4) is 0 Å². The van der Waals surface area contributed by atoms with Crippen LogP contribution in [0, 0.1) is 5.92 Å². The fourth-order valence-electron chi connectivity index (χ4n) is 2.46. The lowest BCUT2D eigenvalue weighted by Gasteiger charge is -2.18. The molecular weight excluding hydrogens is 244 g/mol. The first-order chi connectivity index (χ1) is 9.22. The van der Waals surface area contributed by atoms with Gasteiger partial charge in [0.05, 0.1) is 0 Å². The number of carbonyl (C=O) groups excluding carboxylic acids is 1. The quantitative estimate of drug-likeness (QED) is 0.840. The molecule has 0 N–H and O–H groups in total. The van der Waals surface area contributed by atoms with Gasteiger partial charge in [0.2, 0.25) is 11.7 Å². The van der Waals surface area contributed by atoms with Gasteiger partial charge in [-0.05, 0) is 18.9 Å². The van der Waals surface area contributed by atoms with E-state index >= 15 is 0 Å². The summed E-state index contributed by atoms with van der Waals surface area (Å²) in [7, 11) is 1.84. The highest BCUT2D eigenvalue weighted by molar-refractivity contribution is 5.81. The Hall–Kier alpha value is -1.98. The van der Waals surface area contributed by atoms with Gasteiger partial charge in [0, 0.05) is 32.0 Å². The Morgan fingerprint density at radius 2 is 2.37 bits per heavy atom. The molecule has 1 atom stereocenters. The summed E-state index contributed by atoms with van der Waals surface area (Å²) < 4.78 is 6.91. The second-order valence-electron chi connectivity index (χ2n) is 5.00. The predicted octanol–water partition coefficient (Wildman–Crippen LogP) is 1.77. The fourth-order valence-corrected chi connectivity index (χ4v) is 2.46. The molecule has 100 valence electrons. The lowest BCUT2D eigenvalue weighted by molar-refractivity contribution is -0.124. The Morgan fingerprint density at radius 1 is 1.47 bits per heavy atom. The monoisotopic (exact) mass is 260 g/mol. The average molecular weight is 260 g/mol. The van der Waals surface area contributed by atoms with E-state index < -0.39 is 0 Å². The number of aryl methyl sites for hydroxylation is 1. The normalized spacial score (nSPS) is 19.8. The standard InChI is InChI=1S/C13H16N4O2/c1-17-7-6-10(15-17)13-14-12(19-16-13)8-9-4-2-3-5-11(9)18/h6-7,9H,2-5,8H2,1H3. The summed E-state index contributed by atoms with van der Waals surface area (Å²) in [6.07, 6.45) is 6.12. The molecule has 1 aliphatic rings. The van der Waals surface area contributed by atoms with Crippen LogP contribution in [-0.2, 0) is 18.3 Å². The third-order valence-corrected chi connectivity index (χ3v) is 3.51. The van der Waals surface area contributed by atoms with Crippen LogP contribution in [0.25, 0.3) is 11.5 Å². The van der Waals surface area contributed by atoms with Gasteiger partial charge >= 0.3 is 0 Å². The Balaban J connectivity index is 1.72. The number of hydrogen-bond acceptors (Lipinski definition) is 5. The first-order valence-electron chi connectivity index (χ1n) is 6.57. The van der Waals surface area contributed by atoms with E-state index in [-0.39, 0.29) is 5.92 Å². The summed E-state index contributed by atoms with van der Waals surface area (Å²) >= 11 is 0. The molecule has 2 heterocycles. The number of ketones is 1. The molecule has 1 unspecified atom stereocenters. The van der Waals surface area contributed by atoms with Crippen LogP contribution < -0.4 is 0 Å². The minimum Gasteiger partial charge on any atom is -0.339 e. The van der Waals surface area contributed by atoms with E-state index in [1.165, 1.54) is 0 Å². The van der Waals surface area contributed by atoms with Crippen molar-refractivity contribution in [1.29, 1.82) is 0 Å². The van der Waals surface area contributed by atoms with Crippen molar-refractivity contribution in [2.24, 2.45) is 13.0 Å². The highest BCUT2D eigenvalue weighted by atomic mass is 16.5. The van der Waals surface area contributed by atoms with E-state index in [2.05, 4.69) is 15.2 Å². The molecule has 0 bridgehead atoms. The molecule has 1 saturated carbocycles. The molecule has 6 nitrogen and oxygen atoms in total. The van der Waals surface area contributed by atoms with E-state index in [4.69, 9.17) is 4.52 Å². The van der Waals surface area contributed by atoms with Gasteiger partial charge in [0.1, 0.15) is 11.5 Å². The first-order valence-corrected chi connectivity index (χ1v) is 6.57. The molecule has 2 aromatic heterocycles. The lowest BCUT2D eigenvalue weighted by Crippen LogP contribution is -2.21. The van der Waals surface area contributed by atoms with Gasteiger partial charge in [-0.15, -0.1) is 0 Å². The topological polar surface area (TPSA) is 73.8 Å². The van der Waals surface area contributed by atoms with Gasteiger partial charge in [-0.25, -0.2) is 0 Å². The van der Waals surface area contributed by atoms with Crippen LogP contribution in [0.1, 0.15) is 31.6 Å². The molecule has 2 aromatic rings. The first kappa shape index (κ1) is 12.1. The molecule has 0 amide bonds. The predicted molar refractivity (Wildman–Crippen MR) is 67.2 cm³/mol. The minimum absolute atomic E-state index is 0.0470. The van der Waals surface area contributed by atoms with Crippen molar-refractivity contribution in [3.8, 4) is 11.5 Å². The third kappa shape index (κ3) is 2.57. The van der Waals surface area contributed by atoms with Crippen molar-refractivity contribution in [1.82, 2.24) is 19.9 Å².